The highest BCUT2D eigenvalue weighted by Crippen LogP contribution is 2.29. The van der Waals surface area contributed by atoms with Crippen molar-refractivity contribution >= 4 is 9.84 Å². The second-order valence-electron chi connectivity index (χ2n) is 5.81. The summed E-state index contributed by atoms with van der Waals surface area (Å²) in [6.45, 7) is 0. The zero-order valence-corrected chi connectivity index (χ0v) is 15.1. The molecule has 3 rings (SSSR count). The van der Waals surface area contributed by atoms with Crippen molar-refractivity contribution in [1.82, 2.24) is 4.57 Å². The van der Waals surface area contributed by atoms with Crippen LogP contribution in [0.15, 0.2) is 56.8 Å². The lowest BCUT2D eigenvalue weighted by Gasteiger charge is -2.11. The van der Waals surface area contributed by atoms with E-state index in [0.29, 0.717) is 18.4 Å². The van der Waals surface area contributed by atoms with Gasteiger partial charge in [-0.2, -0.15) is 0 Å². The summed E-state index contributed by atoms with van der Waals surface area (Å²) in [5.74, 6) is -4.29. The first kappa shape index (κ1) is 20.6. The SMILES string of the molecule is CS(=O)(=O)c1c(F)cc(-c2coc(=O)n2-c2ccc(OC(F)(F)F)cc2)cc1F. The van der Waals surface area contributed by atoms with Gasteiger partial charge in [0.25, 0.3) is 0 Å². The van der Waals surface area contributed by atoms with Gasteiger partial charge >= 0.3 is 12.1 Å². The Bertz CT molecular complexity index is 1200. The lowest BCUT2D eigenvalue weighted by Crippen LogP contribution is -2.17. The first-order valence-electron chi connectivity index (χ1n) is 7.63. The van der Waals surface area contributed by atoms with Crippen LogP contribution in [-0.2, 0) is 9.84 Å². The number of rotatable bonds is 4. The van der Waals surface area contributed by atoms with E-state index in [2.05, 4.69) is 4.74 Å². The minimum Gasteiger partial charge on any atom is -0.415 e. The average molecular weight is 435 g/mol. The molecule has 0 unspecified atom stereocenters. The second-order valence-corrected chi connectivity index (χ2v) is 7.76. The van der Waals surface area contributed by atoms with E-state index in [0.717, 1.165) is 35.1 Å². The van der Waals surface area contributed by atoms with Crippen LogP contribution in [0.5, 0.6) is 5.75 Å². The van der Waals surface area contributed by atoms with Gasteiger partial charge in [0.2, 0.25) is 0 Å². The summed E-state index contributed by atoms with van der Waals surface area (Å²) >= 11 is 0. The number of hydrogen-bond donors (Lipinski definition) is 0. The van der Waals surface area contributed by atoms with Crippen molar-refractivity contribution in [3.05, 3.63) is 64.8 Å². The summed E-state index contributed by atoms with van der Waals surface area (Å²) in [6, 6.07) is 5.45. The maximum Gasteiger partial charge on any atom is 0.573 e. The van der Waals surface area contributed by atoms with Gasteiger partial charge in [-0.05, 0) is 36.4 Å². The molecule has 0 aliphatic rings. The number of ether oxygens (including phenoxy) is 1. The van der Waals surface area contributed by atoms with Crippen molar-refractivity contribution in [1.29, 1.82) is 0 Å². The normalized spacial score (nSPS) is 12.2. The van der Waals surface area contributed by atoms with Crippen LogP contribution in [0.3, 0.4) is 0 Å². The summed E-state index contributed by atoms with van der Waals surface area (Å²) in [6.07, 6.45) is -3.40. The summed E-state index contributed by atoms with van der Waals surface area (Å²) < 4.78 is 97.4. The molecule has 3 aromatic rings. The third-order valence-corrected chi connectivity index (χ3v) is 4.82. The van der Waals surface area contributed by atoms with Crippen LogP contribution in [0, 0.1) is 11.6 Å². The van der Waals surface area contributed by atoms with Crippen molar-refractivity contribution in [3.63, 3.8) is 0 Å². The smallest absolute Gasteiger partial charge is 0.415 e. The lowest BCUT2D eigenvalue weighted by atomic mass is 10.1. The zero-order valence-electron chi connectivity index (χ0n) is 14.3. The van der Waals surface area contributed by atoms with E-state index in [1.165, 1.54) is 0 Å². The van der Waals surface area contributed by atoms with E-state index in [1.807, 2.05) is 0 Å². The molecular formula is C17H10F5NO5S. The molecule has 0 amide bonds. The number of sulfone groups is 1. The number of alkyl halides is 3. The average Bonchev–Trinajstić information content (AvgIpc) is 2.94. The Morgan fingerprint density at radius 1 is 1.03 bits per heavy atom. The molecule has 0 aliphatic carbocycles. The van der Waals surface area contributed by atoms with Crippen LogP contribution in [0.1, 0.15) is 0 Å². The number of oxazole rings is 1. The van der Waals surface area contributed by atoms with Crippen LogP contribution in [0.2, 0.25) is 0 Å². The molecule has 12 heteroatoms. The number of aromatic nitrogens is 1. The van der Waals surface area contributed by atoms with E-state index in [4.69, 9.17) is 4.42 Å². The van der Waals surface area contributed by atoms with Crippen LogP contribution >= 0.6 is 0 Å². The molecule has 1 aromatic heterocycles. The monoisotopic (exact) mass is 435 g/mol. The fourth-order valence-corrected chi connectivity index (χ4v) is 3.44. The van der Waals surface area contributed by atoms with Gasteiger partial charge in [0.05, 0.1) is 11.4 Å². The molecule has 1 heterocycles. The minimum absolute atomic E-state index is 0.0151. The summed E-state index contributed by atoms with van der Waals surface area (Å²) in [4.78, 5) is 10.9. The van der Waals surface area contributed by atoms with E-state index in [1.54, 1.807) is 0 Å². The van der Waals surface area contributed by atoms with E-state index < -0.39 is 44.2 Å². The summed E-state index contributed by atoms with van der Waals surface area (Å²) in [7, 11) is -4.19. The van der Waals surface area contributed by atoms with E-state index >= 15 is 0 Å². The van der Waals surface area contributed by atoms with Gasteiger partial charge < -0.3 is 9.15 Å². The topological polar surface area (TPSA) is 78.5 Å². The second kappa shape index (κ2) is 7.03. The van der Waals surface area contributed by atoms with Crippen molar-refractivity contribution in [2.24, 2.45) is 0 Å². The van der Waals surface area contributed by atoms with E-state index in [-0.39, 0.29) is 16.9 Å². The molecule has 0 saturated carbocycles. The van der Waals surface area contributed by atoms with Crippen LogP contribution in [-0.4, -0.2) is 25.6 Å². The first-order chi connectivity index (χ1) is 13.4. The predicted molar refractivity (Wildman–Crippen MR) is 89.4 cm³/mol. The predicted octanol–water partition coefficient (Wildman–Crippen LogP) is 3.68. The third kappa shape index (κ3) is 4.31. The first-order valence-corrected chi connectivity index (χ1v) is 9.52. The van der Waals surface area contributed by atoms with Crippen LogP contribution in [0.4, 0.5) is 22.0 Å². The quantitative estimate of drug-likeness (QED) is 0.585. The van der Waals surface area contributed by atoms with Gasteiger partial charge in [0.15, 0.2) is 9.84 Å². The Kier molecular flexibility index (Phi) is 4.99. The molecule has 0 saturated heterocycles. The number of benzene rings is 2. The van der Waals surface area contributed by atoms with Crippen molar-refractivity contribution in [3.8, 4) is 22.7 Å². The molecule has 0 fully saturated rings. The van der Waals surface area contributed by atoms with Crippen LogP contribution in [0.25, 0.3) is 16.9 Å². The molecule has 0 aliphatic heterocycles. The molecule has 0 bridgehead atoms. The molecule has 6 nitrogen and oxygen atoms in total. The van der Waals surface area contributed by atoms with Gasteiger partial charge in [-0.1, -0.05) is 0 Å². The molecule has 0 radical (unpaired) electrons. The Labute approximate surface area is 159 Å². The number of nitrogens with zero attached hydrogens (tertiary/aromatic N) is 1. The fourth-order valence-electron chi connectivity index (χ4n) is 2.61. The van der Waals surface area contributed by atoms with Gasteiger partial charge in [0.1, 0.15) is 28.5 Å². The lowest BCUT2D eigenvalue weighted by molar-refractivity contribution is -0.274. The largest absolute Gasteiger partial charge is 0.573 e. The maximum atomic E-state index is 14.2. The summed E-state index contributed by atoms with van der Waals surface area (Å²) in [5, 5.41) is 0. The molecule has 0 N–H and O–H groups in total. The summed E-state index contributed by atoms with van der Waals surface area (Å²) in [5.41, 5.74) is -0.368. The Balaban J connectivity index is 2.09. The van der Waals surface area contributed by atoms with Gasteiger partial charge in [-0.3, -0.25) is 0 Å². The highest BCUT2D eigenvalue weighted by Gasteiger charge is 2.31. The highest BCUT2D eigenvalue weighted by molar-refractivity contribution is 7.90. The number of halogens is 5. The minimum atomic E-state index is -4.91. The molecular weight excluding hydrogens is 425 g/mol. The Hall–Kier alpha value is -3.15. The van der Waals surface area contributed by atoms with Gasteiger partial charge in [0, 0.05) is 11.8 Å². The maximum absolute atomic E-state index is 14.2. The van der Waals surface area contributed by atoms with Crippen LogP contribution < -0.4 is 10.5 Å². The fraction of sp³-hybridized carbons (Fsp3) is 0.118. The highest BCUT2D eigenvalue weighted by atomic mass is 32.2. The van der Waals surface area contributed by atoms with E-state index in [9.17, 15) is 35.2 Å². The zero-order chi connectivity index (χ0) is 21.6. The Morgan fingerprint density at radius 2 is 1.59 bits per heavy atom. The van der Waals surface area contributed by atoms with Gasteiger partial charge in [-0.25, -0.2) is 26.6 Å². The molecule has 29 heavy (non-hydrogen) atoms. The Morgan fingerprint density at radius 3 is 2.07 bits per heavy atom. The van der Waals surface area contributed by atoms with Crippen molar-refractivity contribution in [2.45, 2.75) is 11.3 Å². The van der Waals surface area contributed by atoms with Crippen molar-refractivity contribution < 1.29 is 39.5 Å². The number of hydrogen-bond acceptors (Lipinski definition) is 5. The third-order valence-electron chi connectivity index (χ3n) is 3.69. The standard InChI is InChI=1S/C17H10F5NO5S/c1-29(25,26)15-12(18)6-9(7-13(15)19)14-8-27-16(24)23(14)10-2-4-11(5-3-10)28-17(20,21)22/h2-8H,1H3. The molecule has 0 spiro atoms. The molecule has 2 aromatic carbocycles. The molecule has 154 valence electrons. The van der Waals surface area contributed by atoms with Crippen molar-refractivity contribution in [2.75, 3.05) is 6.26 Å². The van der Waals surface area contributed by atoms with Gasteiger partial charge in [-0.15, -0.1) is 13.2 Å². The molecule has 0 atom stereocenters.